The molecule has 3 rings (SSSR count). The molecule has 0 aromatic heterocycles. The summed E-state index contributed by atoms with van der Waals surface area (Å²) in [4.78, 5) is 33.8. The number of nitrogens with one attached hydrogen (secondary N) is 1. The Morgan fingerprint density at radius 2 is 1.90 bits per heavy atom. The second-order valence-electron chi connectivity index (χ2n) is 12.3. The predicted octanol–water partition coefficient (Wildman–Crippen LogP) is 5.51. The van der Waals surface area contributed by atoms with Crippen LogP contribution in [-0.2, 0) is 16.1 Å². The van der Waals surface area contributed by atoms with Gasteiger partial charge in [-0.1, -0.05) is 59.4 Å². The number of guanidine groups is 1. The molecular weight excluding hydrogens is 490 g/mol. The first-order valence-corrected chi connectivity index (χ1v) is 15.1. The third kappa shape index (κ3) is 10.4. The van der Waals surface area contributed by atoms with E-state index in [9.17, 15) is 9.59 Å². The molecule has 1 aliphatic heterocycles. The Morgan fingerprint density at radius 3 is 2.62 bits per heavy atom. The Balaban J connectivity index is 1.39. The number of carbonyl (C=O) groups is 2. The van der Waals surface area contributed by atoms with Gasteiger partial charge in [0, 0.05) is 38.2 Å². The van der Waals surface area contributed by atoms with E-state index in [1.54, 1.807) is 4.90 Å². The zero-order valence-electron chi connectivity index (χ0n) is 24.8. The third-order valence-electron chi connectivity index (χ3n) is 7.52. The molecule has 8 heteroatoms. The fraction of sp³-hybridized carbons (Fsp3) is 0.710. The maximum atomic E-state index is 13.0. The number of hydrogen-bond donors (Lipinski definition) is 2. The molecule has 0 bridgehead atoms. The average molecular weight is 542 g/mol. The minimum absolute atomic E-state index is 0.0294. The number of nitrogens with two attached hydrogens (primary N) is 1. The fourth-order valence-electron chi connectivity index (χ4n) is 5.20. The SMILES string of the molecule is CCCCN(C(=O)CCCCCOc1ccc2c(c1)N=C(N)N(CC(=O)NCC(C)(C)C)C2)C1CCCCC1. The summed E-state index contributed by atoms with van der Waals surface area (Å²) in [6.45, 7) is 11.3. The second-order valence-corrected chi connectivity index (χ2v) is 12.3. The maximum Gasteiger partial charge on any atom is 0.239 e. The summed E-state index contributed by atoms with van der Waals surface area (Å²) in [5.74, 6) is 1.38. The maximum absolute atomic E-state index is 13.0. The van der Waals surface area contributed by atoms with Crippen molar-refractivity contribution in [1.82, 2.24) is 15.1 Å². The molecule has 1 aromatic rings. The van der Waals surface area contributed by atoms with Gasteiger partial charge in [-0.3, -0.25) is 9.59 Å². The lowest BCUT2D eigenvalue weighted by Crippen LogP contribution is -2.46. The highest BCUT2D eigenvalue weighted by atomic mass is 16.5. The van der Waals surface area contributed by atoms with Gasteiger partial charge in [0.2, 0.25) is 11.8 Å². The van der Waals surface area contributed by atoms with E-state index in [1.807, 2.05) is 18.2 Å². The normalized spacial score (nSPS) is 15.9. The van der Waals surface area contributed by atoms with E-state index in [-0.39, 0.29) is 17.9 Å². The lowest BCUT2D eigenvalue weighted by molar-refractivity contribution is -0.134. The summed E-state index contributed by atoms with van der Waals surface area (Å²) in [6.07, 6.45) is 11.8. The van der Waals surface area contributed by atoms with Gasteiger partial charge in [0.15, 0.2) is 5.96 Å². The van der Waals surface area contributed by atoms with Gasteiger partial charge in [0.05, 0.1) is 18.8 Å². The van der Waals surface area contributed by atoms with Crippen molar-refractivity contribution in [2.75, 3.05) is 26.2 Å². The number of benzene rings is 1. The first-order chi connectivity index (χ1) is 18.7. The number of amides is 2. The number of unbranched alkanes of at least 4 members (excludes halogenated alkanes) is 3. The summed E-state index contributed by atoms with van der Waals surface area (Å²) in [5.41, 5.74) is 8.01. The standard InChI is InChI=1S/C31H51N5O3/c1-5-6-18-36(25-13-9-7-10-14-25)29(38)15-11-8-12-19-39-26-17-16-24-21-35(30(32)34-27(24)20-26)22-28(37)33-23-31(2,3)4/h16-17,20,25H,5-15,18-19,21-23H2,1-4H3,(H2,32,34)(H,33,37). The largest absolute Gasteiger partial charge is 0.494 e. The van der Waals surface area contributed by atoms with Gasteiger partial charge < -0.3 is 25.6 Å². The van der Waals surface area contributed by atoms with Gasteiger partial charge in [-0.05, 0) is 55.6 Å². The Kier molecular flexibility index (Phi) is 11.9. The van der Waals surface area contributed by atoms with E-state index in [2.05, 4.69) is 42.9 Å². The number of hydrogen-bond acceptors (Lipinski definition) is 6. The lowest BCUT2D eigenvalue weighted by atomic mass is 9.93. The molecule has 1 aliphatic carbocycles. The van der Waals surface area contributed by atoms with Crippen LogP contribution in [0, 0.1) is 5.41 Å². The summed E-state index contributed by atoms with van der Waals surface area (Å²) in [6, 6.07) is 6.32. The molecule has 0 radical (unpaired) electrons. The van der Waals surface area contributed by atoms with Crippen LogP contribution >= 0.6 is 0 Å². The van der Waals surface area contributed by atoms with Gasteiger partial charge >= 0.3 is 0 Å². The number of aliphatic imine (C=N–C) groups is 1. The molecule has 0 unspecified atom stereocenters. The van der Waals surface area contributed by atoms with Crippen LogP contribution in [0.25, 0.3) is 0 Å². The number of rotatable bonds is 14. The van der Waals surface area contributed by atoms with Crippen molar-refractivity contribution in [1.29, 1.82) is 0 Å². The van der Waals surface area contributed by atoms with Crippen LogP contribution in [0.3, 0.4) is 0 Å². The highest BCUT2D eigenvalue weighted by Crippen LogP contribution is 2.30. The van der Waals surface area contributed by atoms with Gasteiger partial charge in [0.25, 0.3) is 0 Å². The van der Waals surface area contributed by atoms with E-state index in [1.165, 1.54) is 32.1 Å². The van der Waals surface area contributed by atoms with Crippen LogP contribution in [0.4, 0.5) is 5.69 Å². The number of ether oxygens (including phenoxy) is 1. The van der Waals surface area contributed by atoms with Gasteiger partial charge in [-0.15, -0.1) is 0 Å². The summed E-state index contributed by atoms with van der Waals surface area (Å²) in [5, 5.41) is 2.96. The molecule has 39 heavy (non-hydrogen) atoms. The van der Waals surface area contributed by atoms with Crippen LogP contribution in [0.15, 0.2) is 23.2 Å². The van der Waals surface area contributed by atoms with Crippen LogP contribution in [0.2, 0.25) is 0 Å². The summed E-state index contributed by atoms with van der Waals surface area (Å²) < 4.78 is 5.98. The van der Waals surface area contributed by atoms with E-state index in [0.717, 1.165) is 55.6 Å². The molecule has 1 fully saturated rings. The van der Waals surface area contributed by atoms with E-state index < -0.39 is 0 Å². The van der Waals surface area contributed by atoms with E-state index >= 15 is 0 Å². The molecule has 2 aliphatic rings. The van der Waals surface area contributed by atoms with Crippen molar-refractivity contribution in [3.63, 3.8) is 0 Å². The predicted molar refractivity (Wildman–Crippen MR) is 158 cm³/mol. The highest BCUT2D eigenvalue weighted by molar-refractivity contribution is 5.88. The monoisotopic (exact) mass is 541 g/mol. The van der Waals surface area contributed by atoms with Crippen molar-refractivity contribution in [2.45, 2.75) is 111 Å². The number of fused-ring (bicyclic) bond motifs is 1. The number of nitrogens with zero attached hydrogens (tertiary/aromatic N) is 3. The first kappa shape index (κ1) is 30.8. The van der Waals surface area contributed by atoms with E-state index in [4.69, 9.17) is 10.5 Å². The fourth-order valence-corrected chi connectivity index (χ4v) is 5.20. The van der Waals surface area contributed by atoms with Crippen molar-refractivity contribution >= 4 is 23.5 Å². The molecule has 0 spiro atoms. The Labute approximate surface area is 235 Å². The van der Waals surface area contributed by atoms with Crippen molar-refractivity contribution in [2.24, 2.45) is 16.1 Å². The summed E-state index contributed by atoms with van der Waals surface area (Å²) in [7, 11) is 0. The quantitative estimate of drug-likeness (QED) is 0.303. The minimum Gasteiger partial charge on any atom is -0.494 e. The zero-order chi connectivity index (χ0) is 28.3. The van der Waals surface area contributed by atoms with Crippen LogP contribution < -0.4 is 15.8 Å². The average Bonchev–Trinajstić information content (AvgIpc) is 2.90. The van der Waals surface area contributed by atoms with Gasteiger partial charge in [0.1, 0.15) is 5.75 Å². The van der Waals surface area contributed by atoms with Crippen LogP contribution in [0.5, 0.6) is 5.75 Å². The smallest absolute Gasteiger partial charge is 0.239 e. The van der Waals surface area contributed by atoms with Crippen molar-refractivity contribution < 1.29 is 14.3 Å². The topological polar surface area (TPSA) is 100 Å². The lowest BCUT2D eigenvalue weighted by Gasteiger charge is -2.34. The second kappa shape index (κ2) is 15.1. The number of carbonyl (C=O) groups excluding carboxylic acids is 2. The van der Waals surface area contributed by atoms with Crippen LogP contribution in [-0.4, -0.2) is 59.9 Å². The van der Waals surface area contributed by atoms with Crippen LogP contribution in [0.1, 0.15) is 104 Å². The molecule has 1 heterocycles. The molecule has 3 N–H and O–H groups in total. The Bertz CT molecular complexity index is 965. The molecule has 218 valence electrons. The van der Waals surface area contributed by atoms with Crippen molar-refractivity contribution in [3.05, 3.63) is 23.8 Å². The molecule has 1 saturated carbocycles. The Hall–Kier alpha value is -2.77. The van der Waals surface area contributed by atoms with Crippen molar-refractivity contribution in [3.8, 4) is 5.75 Å². The molecule has 1 aromatic carbocycles. The molecule has 2 amide bonds. The first-order valence-electron chi connectivity index (χ1n) is 15.1. The molecule has 0 saturated heterocycles. The van der Waals surface area contributed by atoms with Gasteiger partial charge in [-0.2, -0.15) is 0 Å². The summed E-state index contributed by atoms with van der Waals surface area (Å²) >= 11 is 0. The van der Waals surface area contributed by atoms with E-state index in [0.29, 0.717) is 44.0 Å². The highest BCUT2D eigenvalue weighted by Gasteiger charge is 2.25. The molecule has 0 atom stereocenters. The van der Waals surface area contributed by atoms with Gasteiger partial charge in [-0.25, -0.2) is 4.99 Å². The molecule has 8 nitrogen and oxygen atoms in total. The third-order valence-corrected chi connectivity index (χ3v) is 7.52. The zero-order valence-corrected chi connectivity index (χ0v) is 24.8. The Morgan fingerprint density at radius 1 is 1.13 bits per heavy atom. The minimum atomic E-state index is -0.0594. The molecular formula is C31H51N5O3.